The van der Waals surface area contributed by atoms with Crippen molar-refractivity contribution >= 4 is 5.97 Å². The lowest BCUT2D eigenvalue weighted by Crippen LogP contribution is -2.17. The molecule has 0 saturated heterocycles. The maximum atomic E-state index is 10.7. The van der Waals surface area contributed by atoms with Gasteiger partial charge in [-0.05, 0) is 44.6 Å². The van der Waals surface area contributed by atoms with Crippen molar-refractivity contribution in [2.24, 2.45) is 5.92 Å². The summed E-state index contributed by atoms with van der Waals surface area (Å²) in [6, 6.07) is 0. The number of aryl methyl sites for hydroxylation is 1. The van der Waals surface area contributed by atoms with E-state index in [0.29, 0.717) is 0 Å². The van der Waals surface area contributed by atoms with Crippen molar-refractivity contribution in [3.05, 3.63) is 17.0 Å². The van der Waals surface area contributed by atoms with Gasteiger partial charge in [0.2, 0.25) is 0 Å². The van der Waals surface area contributed by atoms with E-state index in [-0.39, 0.29) is 12.3 Å². The first-order chi connectivity index (χ1) is 7.61. The smallest absolute Gasteiger partial charge is 0.303 e. The molecular formula is C12H18N2O2. The van der Waals surface area contributed by atoms with Crippen molar-refractivity contribution < 1.29 is 9.90 Å². The molecule has 0 aromatic carbocycles. The summed E-state index contributed by atoms with van der Waals surface area (Å²) in [6.07, 6.45) is 3.07. The summed E-state index contributed by atoms with van der Waals surface area (Å²) in [6.45, 7) is 5.08. The molecule has 0 fully saturated rings. The fourth-order valence-electron chi connectivity index (χ4n) is 2.59. The zero-order valence-corrected chi connectivity index (χ0v) is 9.86. The molecule has 4 nitrogen and oxygen atoms in total. The summed E-state index contributed by atoms with van der Waals surface area (Å²) >= 11 is 0. The number of nitrogens with zero attached hydrogens (tertiary/aromatic N) is 2. The summed E-state index contributed by atoms with van der Waals surface area (Å²) in [4.78, 5) is 10.7. The standard InChI is InChI=1S/C12H18N2O2/c1-3-14-8(2)10-5-4-9(7-12(15)16)6-11(10)13-14/h9H,3-7H2,1-2H3,(H,15,16). The first-order valence-electron chi connectivity index (χ1n) is 5.88. The fraction of sp³-hybridized carbons (Fsp3) is 0.667. The number of fused-ring (bicyclic) bond motifs is 1. The molecule has 88 valence electrons. The molecule has 0 bridgehead atoms. The number of carbonyl (C=O) groups is 1. The molecule has 0 amide bonds. The minimum Gasteiger partial charge on any atom is -0.481 e. The van der Waals surface area contributed by atoms with Crippen LogP contribution in [0.15, 0.2) is 0 Å². The van der Waals surface area contributed by atoms with E-state index in [9.17, 15) is 4.79 Å². The molecule has 0 spiro atoms. The van der Waals surface area contributed by atoms with Crippen LogP contribution in [0, 0.1) is 12.8 Å². The number of carboxylic acid groups (broad SMARTS) is 1. The second-order valence-corrected chi connectivity index (χ2v) is 4.53. The van der Waals surface area contributed by atoms with Crippen molar-refractivity contribution in [3.8, 4) is 0 Å². The monoisotopic (exact) mass is 222 g/mol. The Hall–Kier alpha value is -1.32. The van der Waals surface area contributed by atoms with Crippen LogP contribution >= 0.6 is 0 Å². The molecule has 1 unspecified atom stereocenters. The predicted octanol–water partition coefficient (Wildman–Crippen LogP) is 1.79. The van der Waals surface area contributed by atoms with Gasteiger partial charge in [0.15, 0.2) is 0 Å². The molecule has 16 heavy (non-hydrogen) atoms. The highest BCUT2D eigenvalue weighted by atomic mass is 16.4. The quantitative estimate of drug-likeness (QED) is 0.848. The maximum absolute atomic E-state index is 10.7. The van der Waals surface area contributed by atoms with E-state index in [4.69, 9.17) is 5.11 Å². The molecule has 0 radical (unpaired) electrons. The first-order valence-corrected chi connectivity index (χ1v) is 5.88. The van der Waals surface area contributed by atoms with Crippen LogP contribution in [-0.2, 0) is 24.2 Å². The normalized spacial score (nSPS) is 19.5. The Labute approximate surface area is 95.3 Å². The van der Waals surface area contributed by atoms with Gasteiger partial charge in [0.05, 0.1) is 5.69 Å². The Kier molecular flexibility index (Phi) is 2.99. The predicted molar refractivity (Wildman–Crippen MR) is 60.4 cm³/mol. The fourth-order valence-corrected chi connectivity index (χ4v) is 2.59. The van der Waals surface area contributed by atoms with Crippen LogP contribution in [0.4, 0.5) is 0 Å². The molecule has 0 saturated carbocycles. The van der Waals surface area contributed by atoms with Crippen molar-refractivity contribution in [1.29, 1.82) is 0 Å². The van der Waals surface area contributed by atoms with E-state index in [1.807, 2.05) is 4.68 Å². The van der Waals surface area contributed by atoms with Crippen LogP contribution in [0.5, 0.6) is 0 Å². The van der Waals surface area contributed by atoms with Crippen LogP contribution in [-0.4, -0.2) is 20.9 Å². The third-order valence-electron chi connectivity index (χ3n) is 3.46. The lowest BCUT2D eigenvalue weighted by molar-refractivity contribution is -0.138. The van der Waals surface area contributed by atoms with Crippen LogP contribution < -0.4 is 0 Å². The van der Waals surface area contributed by atoms with Gasteiger partial charge in [-0.25, -0.2) is 0 Å². The summed E-state index contributed by atoms with van der Waals surface area (Å²) in [5, 5.41) is 13.3. The van der Waals surface area contributed by atoms with Gasteiger partial charge in [0.25, 0.3) is 0 Å². The molecular weight excluding hydrogens is 204 g/mol. The molecule has 1 atom stereocenters. The van der Waals surface area contributed by atoms with E-state index in [2.05, 4.69) is 18.9 Å². The minimum absolute atomic E-state index is 0.268. The number of rotatable bonds is 3. The molecule has 1 heterocycles. The Bertz CT molecular complexity index is 409. The average molecular weight is 222 g/mol. The van der Waals surface area contributed by atoms with E-state index < -0.39 is 5.97 Å². The Morgan fingerprint density at radius 2 is 2.38 bits per heavy atom. The van der Waals surface area contributed by atoms with Crippen molar-refractivity contribution in [3.63, 3.8) is 0 Å². The SMILES string of the molecule is CCn1nc2c(c1C)CCC(CC(=O)O)C2. The molecule has 1 N–H and O–H groups in total. The Morgan fingerprint density at radius 3 is 3.00 bits per heavy atom. The lowest BCUT2D eigenvalue weighted by Gasteiger charge is -2.19. The summed E-state index contributed by atoms with van der Waals surface area (Å²) in [5.41, 5.74) is 3.73. The highest BCUT2D eigenvalue weighted by molar-refractivity contribution is 5.67. The van der Waals surface area contributed by atoms with E-state index >= 15 is 0 Å². The topological polar surface area (TPSA) is 55.1 Å². The van der Waals surface area contributed by atoms with Crippen molar-refractivity contribution in [1.82, 2.24) is 9.78 Å². The van der Waals surface area contributed by atoms with Gasteiger partial charge in [-0.2, -0.15) is 5.10 Å². The number of carboxylic acids is 1. The van der Waals surface area contributed by atoms with Gasteiger partial charge in [-0.3, -0.25) is 9.48 Å². The highest BCUT2D eigenvalue weighted by Crippen LogP contribution is 2.29. The zero-order chi connectivity index (χ0) is 11.7. The van der Waals surface area contributed by atoms with Gasteiger partial charge in [-0.15, -0.1) is 0 Å². The van der Waals surface area contributed by atoms with Crippen molar-refractivity contribution in [2.75, 3.05) is 0 Å². The number of aromatic nitrogens is 2. The Balaban J connectivity index is 2.18. The van der Waals surface area contributed by atoms with Crippen molar-refractivity contribution in [2.45, 2.75) is 46.1 Å². The van der Waals surface area contributed by atoms with Gasteiger partial charge < -0.3 is 5.11 Å². The second kappa shape index (κ2) is 4.28. The lowest BCUT2D eigenvalue weighted by atomic mass is 9.85. The average Bonchev–Trinajstić information content (AvgIpc) is 2.54. The minimum atomic E-state index is -0.694. The second-order valence-electron chi connectivity index (χ2n) is 4.53. The van der Waals surface area contributed by atoms with Gasteiger partial charge in [0.1, 0.15) is 0 Å². The molecule has 1 aliphatic rings. The number of hydrogen-bond donors (Lipinski definition) is 1. The summed E-state index contributed by atoms with van der Waals surface area (Å²) < 4.78 is 2.02. The highest BCUT2D eigenvalue weighted by Gasteiger charge is 2.25. The van der Waals surface area contributed by atoms with Gasteiger partial charge >= 0.3 is 5.97 Å². The third kappa shape index (κ3) is 1.96. The maximum Gasteiger partial charge on any atom is 0.303 e. The molecule has 0 aliphatic heterocycles. The number of hydrogen-bond acceptors (Lipinski definition) is 2. The molecule has 2 rings (SSSR count). The van der Waals surface area contributed by atoms with Gasteiger partial charge in [0, 0.05) is 18.7 Å². The molecule has 1 aromatic heterocycles. The van der Waals surface area contributed by atoms with Gasteiger partial charge in [-0.1, -0.05) is 0 Å². The van der Waals surface area contributed by atoms with E-state index in [0.717, 1.165) is 31.5 Å². The third-order valence-corrected chi connectivity index (χ3v) is 3.46. The first kappa shape index (κ1) is 11.2. The summed E-state index contributed by atoms with van der Waals surface area (Å²) in [7, 11) is 0. The largest absolute Gasteiger partial charge is 0.481 e. The number of aliphatic carboxylic acids is 1. The molecule has 1 aromatic rings. The summed E-state index contributed by atoms with van der Waals surface area (Å²) in [5.74, 6) is -0.426. The molecule has 1 aliphatic carbocycles. The zero-order valence-electron chi connectivity index (χ0n) is 9.86. The van der Waals surface area contributed by atoms with Crippen LogP contribution in [0.3, 0.4) is 0 Å². The van der Waals surface area contributed by atoms with Crippen LogP contribution in [0.1, 0.15) is 36.7 Å². The van der Waals surface area contributed by atoms with Crippen LogP contribution in [0.25, 0.3) is 0 Å². The molecule has 4 heteroatoms. The van der Waals surface area contributed by atoms with E-state index in [1.54, 1.807) is 0 Å². The van der Waals surface area contributed by atoms with Crippen LogP contribution in [0.2, 0.25) is 0 Å². The Morgan fingerprint density at radius 1 is 1.62 bits per heavy atom. The van der Waals surface area contributed by atoms with E-state index in [1.165, 1.54) is 11.3 Å².